The predicted octanol–water partition coefficient (Wildman–Crippen LogP) is 7.87. The van der Waals surface area contributed by atoms with Gasteiger partial charge >= 0.3 is 6.09 Å². The van der Waals surface area contributed by atoms with Gasteiger partial charge in [-0.25, -0.2) is 4.79 Å². The van der Waals surface area contributed by atoms with Crippen LogP contribution in [0, 0.1) is 11.8 Å². The van der Waals surface area contributed by atoms with Crippen LogP contribution in [-0.2, 0) is 13.8 Å². The van der Waals surface area contributed by atoms with Gasteiger partial charge < -0.3 is 14.4 Å². The van der Waals surface area contributed by atoms with Gasteiger partial charge in [0.2, 0.25) is 7.37 Å². The zero-order chi connectivity index (χ0) is 26.1. The molecule has 0 aliphatic rings. The van der Waals surface area contributed by atoms with Crippen molar-refractivity contribution in [3.8, 4) is 0 Å². The lowest BCUT2D eigenvalue weighted by atomic mass is 10.0. The van der Waals surface area contributed by atoms with E-state index in [9.17, 15) is 14.5 Å². The Bertz CT molecular complexity index is 769. The number of carbonyl (C=O) groups excluding carboxylic acids is 1. The average Bonchev–Trinajstić information content (AvgIpc) is 2.77. The number of aliphatic hydroxyl groups excluding tert-OH is 1. The Morgan fingerprint density at radius 3 is 2.35 bits per heavy atom. The maximum Gasteiger partial charge on any atom is 0.410 e. The van der Waals surface area contributed by atoms with Crippen LogP contribution in [0.1, 0.15) is 72.4 Å². The highest BCUT2D eigenvalue weighted by Crippen LogP contribution is 2.51. The van der Waals surface area contributed by atoms with Gasteiger partial charge in [0.1, 0.15) is 0 Å². The first-order valence-electron chi connectivity index (χ1n) is 12.2. The molecule has 6 nitrogen and oxygen atoms in total. The Labute approximate surface area is 215 Å². The molecule has 196 valence electrons. The van der Waals surface area contributed by atoms with Crippen LogP contribution in [0.5, 0.6) is 0 Å². The second-order valence-corrected chi connectivity index (χ2v) is 12.2. The summed E-state index contributed by atoms with van der Waals surface area (Å²) in [6.45, 7) is 12.8. The summed E-state index contributed by atoms with van der Waals surface area (Å²) in [5, 5.41) is 9.97. The second-order valence-electron chi connectivity index (χ2n) is 8.88. The maximum atomic E-state index is 13.3. The van der Waals surface area contributed by atoms with Crippen molar-refractivity contribution in [3.63, 3.8) is 0 Å². The van der Waals surface area contributed by atoms with Crippen molar-refractivity contribution in [1.29, 1.82) is 0 Å². The number of aliphatic hydroxyl groups is 1. The molecule has 0 spiro atoms. The normalized spacial score (nSPS) is 14.8. The number of ether oxygens (including phenoxy) is 1. The van der Waals surface area contributed by atoms with Crippen molar-refractivity contribution >= 4 is 29.4 Å². The molecule has 0 bridgehead atoms. The fraction of sp³-hybridized carbons (Fsp3) is 0.654. The van der Waals surface area contributed by atoms with Crippen molar-refractivity contribution in [2.75, 3.05) is 33.0 Å². The Hall–Kier alpha value is -1.14. The molecule has 0 radical (unpaired) electrons. The minimum absolute atomic E-state index is 0.145. The number of nitrogens with zero attached hydrogens (tertiary/aromatic N) is 1. The van der Waals surface area contributed by atoms with E-state index in [1.54, 1.807) is 11.9 Å². The Morgan fingerprint density at radius 1 is 1.24 bits per heavy atom. The van der Waals surface area contributed by atoms with Crippen molar-refractivity contribution in [1.82, 2.24) is 4.90 Å². The standard InChI is InChI=1S/C22H35BrNO5P.C4H10/c1-5-10-18(6-2)17-30(27,29-7-3)14-9-13-24(22(26)28-4)21(16-25)19-11-8-12-20(23)15-19;1-4(2)3/h8-9,11-12,14-15,18,21,25H,5-7,10,13,16-17H2,1-4H3;4H,1-3H3/b14-9+;. The van der Waals surface area contributed by atoms with Crippen LogP contribution < -0.4 is 0 Å². The highest BCUT2D eigenvalue weighted by molar-refractivity contribution is 9.10. The molecule has 1 rings (SSSR count). The molecule has 3 atom stereocenters. The fourth-order valence-corrected chi connectivity index (χ4v) is 6.18. The molecule has 3 unspecified atom stereocenters. The van der Waals surface area contributed by atoms with Gasteiger partial charge in [-0.15, -0.1) is 0 Å². The SMILES string of the molecule is CC(C)C.CCCC(CC)CP(=O)(/C=C/CN(C(=O)OC)C(CO)c1cccc(Br)c1)OCC. The smallest absolute Gasteiger partial charge is 0.410 e. The van der Waals surface area contributed by atoms with E-state index in [0.717, 1.165) is 35.2 Å². The van der Waals surface area contributed by atoms with Crippen molar-refractivity contribution in [2.45, 2.75) is 66.8 Å². The van der Waals surface area contributed by atoms with Crippen LogP contribution in [0.3, 0.4) is 0 Å². The topological polar surface area (TPSA) is 76.1 Å². The third-order valence-electron chi connectivity index (χ3n) is 4.96. The van der Waals surface area contributed by atoms with E-state index in [0.29, 0.717) is 18.7 Å². The third-order valence-corrected chi connectivity index (χ3v) is 7.84. The van der Waals surface area contributed by atoms with Crippen LogP contribution in [0.25, 0.3) is 0 Å². The highest BCUT2D eigenvalue weighted by Gasteiger charge is 2.27. The van der Waals surface area contributed by atoms with Gasteiger partial charge in [0.15, 0.2) is 0 Å². The van der Waals surface area contributed by atoms with Gasteiger partial charge in [-0.2, -0.15) is 0 Å². The van der Waals surface area contributed by atoms with E-state index < -0.39 is 19.5 Å². The average molecular weight is 563 g/mol. The first-order valence-corrected chi connectivity index (χ1v) is 14.9. The fourth-order valence-electron chi connectivity index (χ4n) is 3.43. The van der Waals surface area contributed by atoms with Crippen molar-refractivity contribution in [2.24, 2.45) is 11.8 Å². The zero-order valence-corrected chi connectivity index (χ0v) is 24.5. The number of hydrogen-bond acceptors (Lipinski definition) is 5. The van der Waals surface area contributed by atoms with Gasteiger partial charge in [-0.3, -0.25) is 9.46 Å². The molecule has 0 aromatic heterocycles. The van der Waals surface area contributed by atoms with E-state index in [4.69, 9.17) is 9.26 Å². The number of hydrogen-bond donors (Lipinski definition) is 1. The summed E-state index contributed by atoms with van der Waals surface area (Å²) < 4.78 is 24.7. The van der Waals surface area contributed by atoms with Gasteiger partial charge in [0, 0.05) is 17.2 Å². The lowest BCUT2D eigenvalue weighted by molar-refractivity contribution is 0.0892. The summed E-state index contributed by atoms with van der Waals surface area (Å²) in [6.07, 6.45) is 4.60. The molecule has 0 heterocycles. The second kappa shape index (κ2) is 18.2. The number of methoxy groups -OCH3 is 1. The van der Waals surface area contributed by atoms with E-state index in [1.807, 2.05) is 31.2 Å². The number of halogens is 1. The molecule has 8 heteroatoms. The monoisotopic (exact) mass is 561 g/mol. The molecular weight excluding hydrogens is 517 g/mol. The van der Waals surface area contributed by atoms with Crippen LogP contribution >= 0.6 is 23.3 Å². The zero-order valence-electron chi connectivity index (χ0n) is 22.0. The molecule has 34 heavy (non-hydrogen) atoms. The molecule has 0 saturated heterocycles. The van der Waals surface area contributed by atoms with E-state index in [-0.39, 0.29) is 13.2 Å². The number of carbonyl (C=O) groups is 1. The van der Waals surface area contributed by atoms with Crippen molar-refractivity contribution in [3.05, 3.63) is 46.2 Å². The summed E-state index contributed by atoms with van der Waals surface area (Å²) in [6, 6.07) is 6.82. The third kappa shape index (κ3) is 13.1. The molecule has 0 aliphatic carbocycles. The Morgan fingerprint density at radius 2 is 1.88 bits per heavy atom. The Balaban J connectivity index is 0.00000251. The van der Waals surface area contributed by atoms with Gasteiger partial charge in [0.25, 0.3) is 0 Å². The predicted molar refractivity (Wildman–Crippen MR) is 146 cm³/mol. The van der Waals surface area contributed by atoms with Crippen LogP contribution in [0.4, 0.5) is 4.79 Å². The number of benzene rings is 1. The molecule has 1 aromatic carbocycles. The largest absolute Gasteiger partial charge is 0.453 e. The Kier molecular flexibility index (Phi) is 17.6. The molecule has 1 amide bonds. The molecule has 1 aromatic rings. The van der Waals surface area contributed by atoms with E-state index in [2.05, 4.69) is 50.5 Å². The lowest BCUT2D eigenvalue weighted by Gasteiger charge is -2.29. The molecule has 1 N–H and O–H groups in total. The quantitative estimate of drug-likeness (QED) is 0.248. The summed E-state index contributed by atoms with van der Waals surface area (Å²) in [7, 11) is -1.66. The van der Waals surface area contributed by atoms with Crippen molar-refractivity contribution < 1.29 is 23.7 Å². The van der Waals surface area contributed by atoms with Gasteiger partial charge in [-0.1, -0.05) is 88.0 Å². The number of amides is 1. The van der Waals surface area contributed by atoms with Crippen LogP contribution in [0.2, 0.25) is 0 Å². The van der Waals surface area contributed by atoms with Crippen LogP contribution in [0.15, 0.2) is 40.6 Å². The molecule has 0 fully saturated rings. The maximum absolute atomic E-state index is 13.3. The first kappa shape index (κ1) is 32.9. The molecule has 0 saturated carbocycles. The minimum atomic E-state index is -2.96. The minimum Gasteiger partial charge on any atom is -0.453 e. The first-order chi connectivity index (χ1) is 16.1. The summed E-state index contributed by atoms with van der Waals surface area (Å²) in [4.78, 5) is 13.8. The summed E-state index contributed by atoms with van der Waals surface area (Å²) >= 11 is 3.42. The van der Waals surface area contributed by atoms with Gasteiger partial charge in [0.05, 0.1) is 26.4 Å². The summed E-state index contributed by atoms with van der Waals surface area (Å²) in [5.41, 5.74) is 0.771. The van der Waals surface area contributed by atoms with E-state index >= 15 is 0 Å². The van der Waals surface area contributed by atoms with Crippen LogP contribution in [-0.4, -0.2) is 49.1 Å². The number of rotatable bonds is 13. The molecule has 0 aliphatic heterocycles. The van der Waals surface area contributed by atoms with E-state index in [1.165, 1.54) is 12.0 Å². The summed E-state index contributed by atoms with van der Waals surface area (Å²) in [5.74, 6) is 2.78. The lowest BCUT2D eigenvalue weighted by Crippen LogP contribution is -2.36. The van der Waals surface area contributed by atoms with Gasteiger partial charge in [-0.05, 0) is 42.3 Å². The highest BCUT2D eigenvalue weighted by atomic mass is 79.9. The molecular formula is C26H45BrNO5P.